The number of nitrogens with one attached hydrogen (secondary N) is 1. The molecular weight excluding hydrogens is 278 g/mol. The number of anilines is 1. The van der Waals surface area contributed by atoms with Gasteiger partial charge in [0.15, 0.2) is 5.96 Å². The Morgan fingerprint density at radius 3 is 2.95 bits per heavy atom. The second-order valence-corrected chi connectivity index (χ2v) is 5.22. The molecule has 0 bridgehead atoms. The predicted octanol–water partition coefficient (Wildman–Crippen LogP) is 2.07. The fourth-order valence-electron chi connectivity index (χ4n) is 2.55. The molecule has 1 aliphatic rings. The minimum Gasteiger partial charge on any atom is -0.382 e. The van der Waals surface area contributed by atoms with Crippen LogP contribution in [0.25, 0.3) is 0 Å². The summed E-state index contributed by atoms with van der Waals surface area (Å²) in [6, 6.07) is 8.56. The van der Waals surface area contributed by atoms with E-state index in [1.807, 2.05) is 0 Å². The third-order valence-electron chi connectivity index (χ3n) is 3.62. The second kappa shape index (κ2) is 9.43. The zero-order valence-electron chi connectivity index (χ0n) is 13.7. The van der Waals surface area contributed by atoms with Gasteiger partial charge in [-0.15, -0.1) is 0 Å². The molecule has 0 aromatic heterocycles. The van der Waals surface area contributed by atoms with Crippen LogP contribution < -0.4 is 10.2 Å². The highest BCUT2D eigenvalue weighted by molar-refractivity contribution is 5.97. The van der Waals surface area contributed by atoms with Crippen molar-refractivity contribution in [2.45, 2.75) is 19.8 Å². The smallest absolute Gasteiger partial charge is 0.198 e. The number of rotatable bonds is 8. The minimum absolute atomic E-state index is 0.649. The van der Waals surface area contributed by atoms with E-state index in [0.717, 1.165) is 45.0 Å². The Labute approximate surface area is 133 Å². The van der Waals surface area contributed by atoms with Crippen LogP contribution in [0, 0.1) is 0 Å². The number of hydrogen-bond acceptors (Lipinski definition) is 3. The number of guanidine groups is 1. The highest BCUT2D eigenvalue weighted by atomic mass is 16.5. The lowest BCUT2D eigenvalue weighted by Gasteiger charge is -2.22. The van der Waals surface area contributed by atoms with E-state index in [-0.39, 0.29) is 0 Å². The van der Waals surface area contributed by atoms with Crippen molar-refractivity contribution < 1.29 is 9.47 Å². The zero-order chi connectivity index (χ0) is 15.6. The third-order valence-corrected chi connectivity index (χ3v) is 3.62. The Bertz CT molecular complexity index is 477. The van der Waals surface area contributed by atoms with Crippen LogP contribution in [0.15, 0.2) is 29.3 Å². The van der Waals surface area contributed by atoms with Crippen LogP contribution in [0.3, 0.4) is 0 Å². The van der Waals surface area contributed by atoms with Crippen LogP contribution in [0.2, 0.25) is 0 Å². The maximum absolute atomic E-state index is 5.47. The van der Waals surface area contributed by atoms with Crippen molar-refractivity contribution in [3.8, 4) is 0 Å². The van der Waals surface area contributed by atoms with Gasteiger partial charge in [0.2, 0.25) is 0 Å². The molecule has 0 spiro atoms. The molecule has 1 heterocycles. The highest BCUT2D eigenvalue weighted by Crippen LogP contribution is 2.27. The number of methoxy groups -OCH3 is 1. The lowest BCUT2D eigenvalue weighted by molar-refractivity contribution is 0.0702. The summed E-state index contributed by atoms with van der Waals surface area (Å²) in [5.41, 5.74) is 2.68. The molecule has 0 radical (unpaired) electrons. The Morgan fingerprint density at radius 2 is 2.14 bits per heavy atom. The predicted molar refractivity (Wildman–Crippen MR) is 90.8 cm³/mol. The summed E-state index contributed by atoms with van der Waals surface area (Å²) in [7, 11) is 1.68. The number of aliphatic imine (C=N–C) groups is 1. The van der Waals surface area contributed by atoms with E-state index >= 15 is 0 Å². The van der Waals surface area contributed by atoms with Gasteiger partial charge >= 0.3 is 0 Å². The van der Waals surface area contributed by atoms with Crippen LogP contribution >= 0.6 is 0 Å². The van der Waals surface area contributed by atoms with Gasteiger partial charge in [-0.1, -0.05) is 18.2 Å². The van der Waals surface area contributed by atoms with E-state index in [4.69, 9.17) is 14.5 Å². The SMILES string of the molecule is CCNC(=NCCCOCCOC)N1CCc2ccccc21. The van der Waals surface area contributed by atoms with Crippen LogP contribution in [0.5, 0.6) is 0 Å². The lowest BCUT2D eigenvalue weighted by atomic mass is 10.2. The molecule has 0 aliphatic carbocycles. The van der Waals surface area contributed by atoms with E-state index in [0.29, 0.717) is 13.2 Å². The molecule has 2 rings (SSSR count). The molecule has 22 heavy (non-hydrogen) atoms. The van der Waals surface area contributed by atoms with Crippen LogP contribution in [0.1, 0.15) is 18.9 Å². The number of nitrogens with zero attached hydrogens (tertiary/aromatic N) is 2. The maximum Gasteiger partial charge on any atom is 0.198 e. The molecule has 1 aromatic carbocycles. The van der Waals surface area contributed by atoms with Gasteiger partial charge in [0, 0.05) is 39.0 Å². The topological polar surface area (TPSA) is 46.1 Å². The van der Waals surface area contributed by atoms with E-state index in [1.54, 1.807) is 7.11 Å². The van der Waals surface area contributed by atoms with Crippen molar-refractivity contribution in [2.24, 2.45) is 4.99 Å². The molecular formula is C17H27N3O2. The Morgan fingerprint density at radius 1 is 1.27 bits per heavy atom. The van der Waals surface area contributed by atoms with Crippen molar-refractivity contribution >= 4 is 11.6 Å². The summed E-state index contributed by atoms with van der Waals surface area (Å²) in [5, 5.41) is 3.39. The largest absolute Gasteiger partial charge is 0.382 e. The molecule has 0 atom stereocenters. The Balaban J connectivity index is 1.86. The van der Waals surface area contributed by atoms with Gasteiger partial charge in [-0.3, -0.25) is 4.99 Å². The van der Waals surface area contributed by atoms with Crippen molar-refractivity contribution in [3.05, 3.63) is 29.8 Å². The number of hydrogen-bond donors (Lipinski definition) is 1. The van der Waals surface area contributed by atoms with Crippen LogP contribution in [-0.4, -0.2) is 52.5 Å². The van der Waals surface area contributed by atoms with Gasteiger partial charge in [-0.05, 0) is 31.4 Å². The molecule has 1 N–H and O–H groups in total. The Hall–Kier alpha value is -1.59. The van der Waals surface area contributed by atoms with E-state index in [1.165, 1.54) is 11.3 Å². The third kappa shape index (κ3) is 4.71. The Kier molecular flexibility index (Phi) is 7.19. The first-order valence-electron chi connectivity index (χ1n) is 8.07. The van der Waals surface area contributed by atoms with E-state index in [9.17, 15) is 0 Å². The summed E-state index contributed by atoms with van der Waals surface area (Å²) < 4.78 is 10.4. The summed E-state index contributed by atoms with van der Waals surface area (Å²) >= 11 is 0. The van der Waals surface area contributed by atoms with Crippen molar-refractivity contribution in [3.63, 3.8) is 0 Å². The molecule has 0 saturated carbocycles. The summed E-state index contributed by atoms with van der Waals surface area (Å²) in [4.78, 5) is 7.01. The first-order valence-corrected chi connectivity index (χ1v) is 8.07. The average molecular weight is 305 g/mol. The van der Waals surface area contributed by atoms with Gasteiger partial charge in [-0.25, -0.2) is 0 Å². The van der Waals surface area contributed by atoms with E-state index < -0.39 is 0 Å². The van der Waals surface area contributed by atoms with E-state index in [2.05, 4.69) is 41.4 Å². The second-order valence-electron chi connectivity index (χ2n) is 5.22. The summed E-state index contributed by atoms with van der Waals surface area (Å²) in [6.45, 7) is 6.77. The molecule has 5 nitrogen and oxygen atoms in total. The molecule has 0 amide bonds. The van der Waals surface area contributed by atoms with Gasteiger partial charge in [-0.2, -0.15) is 0 Å². The lowest BCUT2D eigenvalue weighted by Crippen LogP contribution is -2.40. The van der Waals surface area contributed by atoms with Gasteiger partial charge in [0.25, 0.3) is 0 Å². The zero-order valence-corrected chi connectivity index (χ0v) is 13.7. The van der Waals surface area contributed by atoms with Crippen molar-refractivity contribution in [1.82, 2.24) is 5.32 Å². The molecule has 122 valence electrons. The standard InChI is InChI=1S/C17H27N3O2/c1-3-18-17(19-10-6-12-22-14-13-21-2)20-11-9-15-7-4-5-8-16(15)20/h4-5,7-8H,3,6,9-14H2,1-2H3,(H,18,19). The number of benzene rings is 1. The normalized spacial score (nSPS) is 14.3. The van der Waals surface area contributed by atoms with Crippen molar-refractivity contribution in [1.29, 1.82) is 0 Å². The van der Waals surface area contributed by atoms with Crippen LogP contribution in [-0.2, 0) is 15.9 Å². The molecule has 1 aliphatic heterocycles. The molecule has 1 aromatic rings. The quantitative estimate of drug-likeness (QED) is 0.454. The monoisotopic (exact) mass is 305 g/mol. The van der Waals surface area contributed by atoms with Gasteiger partial charge < -0.3 is 19.7 Å². The molecule has 5 heteroatoms. The number of ether oxygens (including phenoxy) is 2. The summed E-state index contributed by atoms with van der Waals surface area (Å²) in [5.74, 6) is 0.976. The first-order chi connectivity index (χ1) is 10.9. The number of para-hydroxylation sites is 1. The maximum atomic E-state index is 5.47. The average Bonchev–Trinajstić information content (AvgIpc) is 2.97. The number of fused-ring (bicyclic) bond motifs is 1. The molecule has 0 saturated heterocycles. The van der Waals surface area contributed by atoms with Gasteiger partial charge in [0.05, 0.1) is 13.2 Å². The fourth-order valence-corrected chi connectivity index (χ4v) is 2.55. The molecule has 0 unspecified atom stereocenters. The van der Waals surface area contributed by atoms with Crippen molar-refractivity contribution in [2.75, 3.05) is 51.5 Å². The van der Waals surface area contributed by atoms with Gasteiger partial charge in [0.1, 0.15) is 0 Å². The highest BCUT2D eigenvalue weighted by Gasteiger charge is 2.22. The summed E-state index contributed by atoms with van der Waals surface area (Å²) in [6.07, 6.45) is 2.01. The fraction of sp³-hybridized carbons (Fsp3) is 0.588. The van der Waals surface area contributed by atoms with Crippen LogP contribution in [0.4, 0.5) is 5.69 Å². The minimum atomic E-state index is 0.649. The first kappa shape index (κ1) is 16.8. The molecule has 0 fully saturated rings.